The number of nitrogens with one attached hydrogen (secondary N) is 1. The number of alkyl halides is 3. The molecule has 1 aromatic rings. The van der Waals surface area contributed by atoms with Gasteiger partial charge in [-0.15, -0.1) is 12.4 Å². The third-order valence-electron chi connectivity index (χ3n) is 4.79. The summed E-state index contributed by atoms with van der Waals surface area (Å²) in [4.78, 5) is 0. The highest BCUT2D eigenvalue weighted by atomic mass is 35.5. The molecule has 24 heavy (non-hydrogen) atoms. The van der Waals surface area contributed by atoms with Crippen LogP contribution >= 0.6 is 12.4 Å². The van der Waals surface area contributed by atoms with E-state index in [0.29, 0.717) is 13.1 Å². The van der Waals surface area contributed by atoms with Crippen molar-refractivity contribution < 1.29 is 21.6 Å². The average Bonchev–Trinajstić information content (AvgIpc) is 3.09. The summed E-state index contributed by atoms with van der Waals surface area (Å²) in [5.74, 6) is -0.605. The van der Waals surface area contributed by atoms with Gasteiger partial charge >= 0.3 is 6.18 Å². The molecule has 2 aliphatic rings. The largest absolute Gasteiger partial charge is 0.416 e. The molecule has 2 heterocycles. The SMILES string of the molecule is Cl.O=S(=O)(Cc1ccccc1C(F)(F)F)N1CCC2(CCNC2)C1. The third-order valence-corrected chi connectivity index (χ3v) is 6.56. The summed E-state index contributed by atoms with van der Waals surface area (Å²) in [6.45, 7) is 2.43. The molecule has 0 amide bonds. The number of sulfonamides is 1. The maximum atomic E-state index is 13.0. The summed E-state index contributed by atoms with van der Waals surface area (Å²) in [7, 11) is -3.75. The van der Waals surface area contributed by atoms with E-state index in [0.717, 1.165) is 32.0 Å². The fourth-order valence-electron chi connectivity index (χ4n) is 3.49. The van der Waals surface area contributed by atoms with Crippen LogP contribution in [0.2, 0.25) is 0 Å². The summed E-state index contributed by atoms with van der Waals surface area (Å²) < 4.78 is 65.5. The molecule has 3 rings (SSSR count). The highest BCUT2D eigenvalue weighted by molar-refractivity contribution is 7.88. The van der Waals surface area contributed by atoms with Gasteiger partial charge in [0, 0.05) is 19.6 Å². The Morgan fingerprint density at radius 1 is 1.21 bits per heavy atom. The Hall–Kier alpha value is -0.830. The van der Waals surface area contributed by atoms with E-state index in [4.69, 9.17) is 0 Å². The van der Waals surface area contributed by atoms with Crippen LogP contribution in [0.3, 0.4) is 0 Å². The highest BCUT2D eigenvalue weighted by Gasteiger charge is 2.44. The molecule has 136 valence electrons. The lowest BCUT2D eigenvalue weighted by atomic mass is 9.87. The molecule has 4 nitrogen and oxygen atoms in total. The lowest BCUT2D eigenvalue weighted by Crippen LogP contribution is -2.34. The first-order chi connectivity index (χ1) is 10.7. The molecule has 2 saturated heterocycles. The number of nitrogens with zero attached hydrogens (tertiary/aromatic N) is 1. The minimum atomic E-state index is -4.55. The van der Waals surface area contributed by atoms with E-state index in [1.54, 1.807) is 0 Å². The summed E-state index contributed by atoms with van der Waals surface area (Å²) in [6.07, 6.45) is -2.87. The van der Waals surface area contributed by atoms with Crippen molar-refractivity contribution in [3.8, 4) is 0 Å². The van der Waals surface area contributed by atoms with Gasteiger partial charge < -0.3 is 5.32 Å². The van der Waals surface area contributed by atoms with Crippen molar-refractivity contribution in [2.45, 2.75) is 24.8 Å². The molecule has 0 saturated carbocycles. The maximum absolute atomic E-state index is 13.0. The fraction of sp³-hybridized carbons (Fsp3) is 0.600. The summed E-state index contributed by atoms with van der Waals surface area (Å²) >= 11 is 0. The maximum Gasteiger partial charge on any atom is 0.416 e. The van der Waals surface area contributed by atoms with E-state index in [9.17, 15) is 21.6 Å². The molecule has 9 heteroatoms. The van der Waals surface area contributed by atoms with E-state index >= 15 is 0 Å². The van der Waals surface area contributed by atoms with Crippen molar-refractivity contribution >= 4 is 22.4 Å². The second-order valence-corrected chi connectivity index (χ2v) is 8.39. The van der Waals surface area contributed by atoms with Crippen LogP contribution in [0.25, 0.3) is 0 Å². The van der Waals surface area contributed by atoms with Gasteiger partial charge in [-0.3, -0.25) is 0 Å². The summed E-state index contributed by atoms with van der Waals surface area (Å²) in [5, 5.41) is 3.24. The number of halogens is 4. The highest BCUT2D eigenvalue weighted by Crippen LogP contribution is 2.38. The van der Waals surface area contributed by atoms with E-state index in [1.165, 1.54) is 22.5 Å². The Morgan fingerprint density at radius 3 is 2.54 bits per heavy atom. The quantitative estimate of drug-likeness (QED) is 0.871. The number of hydrogen-bond acceptors (Lipinski definition) is 3. The van der Waals surface area contributed by atoms with Gasteiger partial charge in [-0.05, 0) is 36.4 Å². The molecule has 1 aromatic carbocycles. The second-order valence-electron chi connectivity index (χ2n) is 6.42. The molecule has 0 aliphatic carbocycles. The van der Waals surface area contributed by atoms with Gasteiger partial charge in [0.1, 0.15) is 0 Å². The molecule has 2 aliphatic heterocycles. The first-order valence-corrected chi connectivity index (χ1v) is 9.17. The zero-order chi connectivity index (χ0) is 16.7. The van der Waals surface area contributed by atoms with Gasteiger partial charge in [-0.1, -0.05) is 18.2 Å². The third kappa shape index (κ3) is 3.87. The van der Waals surface area contributed by atoms with Crippen molar-refractivity contribution in [1.29, 1.82) is 0 Å². The average molecular weight is 385 g/mol. The van der Waals surface area contributed by atoms with Crippen LogP contribution in [0.4, 0.5) is 13.2 Å². The van der Waals surface area contributed by atoms with Crippen LogP contribution in [-0.2, 0) is 22.0 Å². The number of rotatable bonds is 3. The smallest absolute Gasteiger partial charge is 0.316 e. The van der Waals surface area contributed by atoms with Crippen LogP contribution in [0.5, 0.6) is 0 Å². The molecule has 1 unspecified atom stereocenters. The predicted molar refractivity (Wildman–Crippen MR) is 87.4 cm³/mol. The monoisotopic (exact) mass is 384 g/mol. The summed E-state index contributed by atoms with van der Waals surface area (Å²) in [6, 6.07) is 4.88. The zero-order valence-electron chi connectivity index (χ0n) is 13.0. The van der Waals surface area contributed by atoms with Crippen LogP contribution in [-0.4, -0.2) is 38.9 Å². The first-order valence-electron chi connectivity index (χ1n) is 7.56. The van der Waals surface area contributed by atoms with Gasteiger partial charge in [-0.25, -0.2) is 12.7 Å². The Bertz CT molecular complexity index is 688. The van der Waals surface area contributed by atoms with E-state index in [1.807, 2.05) is 0 Å². The minimum absolute atomic E-state index is 0. The van der Waals surface area contributed by atoms with Crippen molar-refractivity contribution in [2.75, 3.05) is 26.2 Å². The first kappa shape index (κ1) is 19.5. The molecular formula is C15H20ClF3N2O2S. The Labute approximate surface area is 145 Å². The minimum Gasteiger partial charge on any atom is -0.316 e. The van der Waals surface area contributed by atoms with Gasteiger partial charge in [0.2, 0.25) is 10.0 Å². The Morgan fingerprint density at radius 2 is 1.92 bits per heavy atom. The van der Waals surface area contributed by atoms with Crippen molar-refractivity contribution in [3.05, 3.63) is 35.4 Å². The normalized spacial score (nSPS) is 25.1. The number of hydrogen-bond donors (Lipinski definition) is 1. The van der Waals surface area contributed by atoms with Gasteiger partial charge in [0.05, 0.1) is 11.3 Å². The van der Waals surface area contributed by atoms with E-state index in [-0.39, 0.29) is 23.4 Å². The fourth-order valence-corrected chi connectivity index (χ4v) is 5.15. The van der Waals surface area contributed by atoms with Crippen LogP contribution in [0.1, 0.15) is 24.0 Å². The van der Waals surface area contributed by atoms with Gasteiger partial charge in [-0.2, -0.15) is 13.2 Å². The Balaban J connectivity index is 0.00000208. The lowest BCUT2D eigenvalue weighted by Gasteiger charge is -2.23. The van der Waals surface area contributed by atoms with E-state index in [2.05, 4.69) is 5.32 Å². The van der Waals surface area contributed by atoms with Gasteiger partial charge in [0.25, 0.3) is 0 Å². The molecule has 1 N–H and O–H groups in total. The van der Waals surface area contributed by atoms with Crippen molar-refractivity contribution in [3.63, 3.8) is 0 Å². The van der Waals surface area contributed by atoms with Crippen LogP contribution in [0, 0.1) is 5.41 Å². The topological polar surface area (TPSA) is 49.4 Å². The Kier molecular flexibility index (Phi) is 5.54. The second kappa shape index (κ2) is 6.82. The van der Waals surface area contributed by atoms with Gasteiger partial charge in [0.15, 0.2) is 0 Å². The molecule has 1 atom stereocenters. The molecule has 1 spiro atoms. The van der Waals surface area contributed by atoms with Crippen molar-refractivity contribution in [2.24, 2.45) is 5.41 Å². The predicted octanol–water partition coefficient (Wildman–Crippen LogP) is 2.64. The summed E-state index contributed by atoms with van der Waals surface area (Å²) in [5.41, 5.74) is -1.11. The standard InChI is InChI=1S/C15H19F3N2O2S.ClH/c16-15(17,18)13-4-2-1-3-12(13)9-23(21,22)20-8-6-14(11-20)5-7-19-10-14;/h1-4,19H,5-11H2;1H. The van der Waals surface area contributed by atoms with Crippen LogP contribution in [0.15, 0.2) is 24.3 Å². The lowest BCUT2D eigenvalue weighted by molar-refractivity contribution is -0.138. The number of benzene rings is 1. The molecular weight excluding hydrogens is 365 g/mol. The molecule has 2 fully saturated rings. The van der Waals surface area contributed by atoms with Crippen LogP contribution < -0.4 is 5.32 Å². The molecule has 0 aromatic heterocycles. The van der Waals surface area contributed by atoms with E-state index < -0.39 is 27.5 Å². The molecule has 0 bridgehead atoms. The van der Waals surface area contributed by atoms with Crippen molar-refractivity contribution in [1.82, 2.24) is 9.62 Å². The molecule has 0 radical (unpaired) electrons. The zero-order valence-corrected chi connectivity index (χ0v) is 14.6.